The molecular weight excluding hydrogens is 478 g/mol. The molecule has 3 aromatic carbocycles. The molecule has 1 saturated heterocycles. The molecule has 1 aliphatic heterocycles. The first-order valence-electron chi connectivity index (χ1n) is 10.1. The zero-order valence-electron chi connectivity index (χ0n) is 17.5. The summed E-state index contributed by atoms with van der Waals surface area (Å²) in [6.07, 6.45) is -5.43. The Morgan fingerprint density at radius 2 is 1.82 bits per heavy atom. The van der Waals surface area contributed by atoms with E-state index in [4.69, 9.17) is 4.74 Å². The standard InChI is InChI=1S/C22H19F4N3O4S/c23-20-17-11-16(27-9-8-22(24,25)26)7-6-15(17)10-18(33-13-14-4-2-1-3-5-14)21(20)29-12-19(30)28-34(29,31)32/h1-7,10-11,27H,8-9,12-13H2,(H,28,30). The van der Waals surface area contributed by atoms with E-state index in [2.05, 4.69) is 5.32 Å². The topological polar surface area (TPSA) is 87.7 Å². The van der Waals surface area contributed by atoms with Crippen molar-refractivity contribution in [3.05, 3.63) is 66.0 Å². The van der Waals surface area contributed by atoms with Crippen LogP contribution in [0.25, 0.3) is 10.8 Å². The predicted molar refractivity (Wildman–Crippen MR) is 118 cm³/mol. The van der Waals surface area contributed by atoms with E-state index in [1.165, 1.54) is 24.3 Å². The first-order chi connectivity index (χ1) is 16.0. The molecule has 0 bridgehead atoms. The summed E-state index contributed by atoms with van der Waals surface area (Å²) in [5.74, 6) is -1.93. The Balaban J connectivity index is 1.75. The summed E-state index contributed by atoms with van der Waals surface area (Å²) in [7, 11) is -4.35. The van der Waals surface area contributed by atoms with Crippen molar-refractivity contribution in [2.45, 2.75) is 19.2 Å². The Morgan fingerprint density at radius 3 is 2.47 bits per heavy atom. The van der Waals surface area contributed by atoms with Gasteiger partial charge in [0.15, 0.2) is 5.82 Å². The molecular formula is C22H19F4N3O4S. The molecule has 3 aromatic rings. The summed E-state index contributed by atoms with van der Waals surface area (Å²) in [5.41, 5.74) is 0.504. The second-order valence-electron chi connectivity index (χ2n) is 7.58. The van der Waals surface area contributed by atoms with Crippen LogP contribution in [-0.2, 0) is 21.6 Å². The quantitative estimate of drug-likeness (QED) is 0.480. The van der Waals surface area contributed by atoms with Crippen LogP contribution in [0.5, 0.6) is 5.75 Å². The van der Waals surface area contributed by atoms with Gasteiger partial charge in [-0.1, -0.05) is 36.4 Å². The van der Waals surface area contributed by atoms with Crippen LogP contribution in [0.15, 0.2) is 54.6 Å². The molecule has 1 fully saturated rings. The number of hydrogen-bond donors (Lipinski definition) is 2. The van der Waals surface area contributed by atoms with Gasteiger partial charge in [-0.3, -0.25) is 4.79 Å². The smallest absolute Gasteiger partial charge is 0.390 e. The summed E-state index contributed by atoms with van der Waals surface area (Å²) in [6, 6.07) is 14.6. The molecule has 0 saturated carbocycles. The second-order valence-corrected chi connectivity index (χ2v) is 9.17. The van der Waals surface area contributed by atoms with E-state index in [0.717, 1.165) is 5.56 Å². The van der Waals surface area contributed by atoms with Crippen molar-refractivity contribution in [3.8, 4) is 5.75 Å². The lowest BCUT2D eigenvalue weighted by molar-refractivity contribution is -0.131. The van der Waals surface area contributed by atoms with E-state index >= 15 is 4.39 Å². The van der Waals surface area contributed by atoms with Crippen molar-refractivity contribution in [2.24, 2.45) is 0 Å². The molecule has 180 valence electrons. The highest BCUT2D eigenvalue weighted by Crippen LogP contribution is 2.40. The summed E-state index contributed by atoms with van der Waals surface area (Å²) >= 11 is 0. The van der Waals surface area contributed by atoms with Crippen molar-refractivity contribution < 1.29 is 35.5 Å². The monoisotopic (exact) mass is 497 g/mol. The van der Waals surface area contributed by atoms with Gasteiger partial charge in [0.1, 0.15) is 24.6 Å². The lowest BCUT2D eigenvalue weighted by atomic mass is 10.1. The summed E-state index contributed by atoms with van der Waals surface area (Å²) < 4.78 is 86.1. The molecule has 34 heavy (non-hydrogen) atoms. The van der Waals surface area contributed by atoms with Crippen LogP contribution in [0, 0.1) is 5.82 Å². The molecule has 0 spiro atoms. The molecule has 2 N–H and O–H groups in total. The Morgan fingerprint density at radius 1 is 1.09 bits per heavy atom. The van der Waals surface area contributed by atoms with Gasteiger partial charge in [-0.25, -0.2) is 13.4 Å². The molecule has 0 radical (unpaired) electrons. The molecule has 12 heteroatoms. The van der Waals surface area contributed by atoms with Gasteiger partial charge in [-0.2, -0.15) is 21.6 Å². The number of hydrogen-bond acceptors (Lipinski definition) is 5. The minimum Gasteiger partial charge on any atom is -0.487 e. The second kappa shape index (κ2) is 9.01. The number of fused-ring (bicyclic) bond motifs is 1. The van der Waals surface area contributed by atoms with E-state index in [0.29, 0.717) is 9.69 Å². The Kier molecular flexibility index (Phi) is 6.26. The van der Waals surface area contributed by atoms with Crippen molar-refractivity contribution >= 4 is 38.3 Å². The largest absolute Gasteiger partial charge is 0.487 e. The Hall–Kier alpha value is -3.54. The molecule has 1 heterocycles. The maximum atomic E-state index is 15.7. The average Bonchev–Trinajstić information content (AvgIpc) is 3.04. The van der Waals surface area contributed by atoms with Crippen LogP contribution in [-0.4, -0.2) is 33.6 Å². The zero-order valence-corrected chi connectivity index (χ0v) is 18.3. The number of halogens is 4. The molecule has 0 aliphatic carbocycles. The van der Waals surface area contributed by atoms with E-state index < -0.39 is 53.3 Å². The van der Waals surface area contributed by atoms with Gasteiger partial charge in [0.2, 0.25) is 0 Å². The highest BCUT2D eigenvalue weighted by atomic mass is 32.2. The third-order valence-corrected chi connectivity index (χ3v) is 6.44. The number of nitrogens with zero attached hydrogens (tertiary/aromatic N) is 1. The number of ether oxygens (including phenoxy) is 1. The number of anilines is 2. The van der Waals surface area contributed by atoms with E-state index in [9.17, 15) is 26.4 Å². The van der Waals surface area contributed by atoms with E-state index in [1.54, 1.807) is 35.1 Å². The van der Waals surface area contributed by atoms with Crippen molar-refractivity contribution in [3.63, 3.8) is 0 Å². The van der Waals surface area contributed by atoms with Crippen LogP contribution in [0.2, 0.25) is 0 Å². The number of rotatable bonds is 7. The molecule has 4 rings (SSSR count). The van der Waals surface area contributed by atoms with Gasteiger partial charge < -0.3 is 10.1 Å². The third-order valence-electron chi connectivity index (χ3n) is 5.06. The van der Waals surface area contributed by atoms with Gasteiger partial charge >= 0.3 is 16.4 Å². The maximum Gasteiger partial charge on any atom is 0.390 e. The SMILES string of the molecule is O=C1CN(c2c(OCc3ccccc3)cc3ccc(NCCC(F)(F)F)cc3c2F)S(=O)(=O)N1. The lowest BCUT2D eigenvalue weighted by Crippen LogP contribution is -2.30. The minimum absolute atomic E-state index is 0.00509. The molecule has 0 atom stereocenters. The zero-order chi connectivity index (χ0) is 24.5. The lowest BCUT2D eigenvalue weighted by Gasteiger charge is -2.21. The first-order valence-corrected chi connectivity index (χ1v) is 11.5. The van der Waals surface area contributed by atoms with Gasteiger partial charge in [-0.15, -0.1) is 0 Å². The van der Waals surface area contributed by atoms with Crippen LogP contribution < -0.4 is 19.1 Å². The number of alkyl halides is 3. The highest BCUT2D eigenvalue weighted by Gasteiger charge is 2.38. The van der Waals surface area contributed by atoms with Gasteiger partial charge in [0, 0.05) is 17.6 Å². The van der Waals surface area contributed by atoms with Crippen molar-refractivity contribution in [2.75, 3.05) is 22.7 Å². The van der Waals surface area contributed by atoms with Crippen LogP contribution in [0.4, 0.5) is 28.9 Å². The van der Waals surface area contributed by atoms with Crippen LogP contribution >= 0.6 is 0 Å². The predicted octanol–water partition coefficient (Wildman–Crippen LogP) is 4.10. The first kappa shape index (κ1) is 23.6. The summed E-state index contributed by atoms with van der Waals surface area (Å²) in [6.45, 7) is -1.05. The summed E-state index contributed by atoms with van der Waals surface area (Å²) in [4.78, 5) is 11.8. The Bertz CT molecular complexity index is 1330. The molecule has 1 amide bonds. The molecule has 7 nitrogen and oxygen atoms in total. The Labute approximate surface area is 192 Å². The van der Waals surface area contributed by atoms with Crippen LogP contribution in [0.1, 0.15) is 12.0 Å². The van der Waals surface area contributed by atoms with Crippen molar-refractivity contribution in [1.82, 2.24) is 4.72 Å². The minimum atomic E-state index is -4.35. The number of benzene rings is 3. The molecule has 1 aliphatic rings. The molecule has 0 aromatic heterocycles. The fraction of sp³-hybridized carbons (Fsp3) is 0.227. The maximum absolute atomic E-state index is 15.7. The number of carbonyl (C=O) groups excluding carboxylic acids is 1. The van der Waals surface area contributed by atoms with Crippen molar-refractivity contribution in [1.29, 1.82) is 0 Å². The van der Waals surface area contributed by atoms with E-state index in [1.807, 2.05) is 0 Å². The van der Waals surface area contributed by atoms with Gasteiger partial charge in [0.05, 0.1) is 6.42 Å². The highest BCUT2D eigenvalue weighted by molar-refractivity contribution is 7.92. The molecule has 0 unspecified atom stereocenters. The number of amides is 1. The fourth-order valence-electron chi connectivity index (χ4n) is 3.50. The summed E-state index contributed by atoms with van der Waals surface area (Å²) in [5, 5.41) is 2.87. The third kappa shape index (κ3) is 5.16. The normalized spacial score (nSPS) is 15.4. The van der Waals surface area contributed by atoms with Gasteiger partial charge in [0.25, 0.3) is 5.91 Å². The van der Waals surface area contributed by atoms with Crippen LogP contribution in [0.3, 0.4) is 0 Å². The average molecular weight is 497 g/mol. The number of nitrogens with one attached hydrogen (secondary N) is 2. The fourth-order valence-corrected chi connectivity index (χ4v) is 4.66. The number of carbonyl (C=O) groups is 1. The van der Waals surface area contributed by atoms with E-state index in [-0.39, 0.29) is 23.4 Å². The van der Waals surface area contributed by atoms with Gasteiger partial charge in [-0.05, 0) is 29.1 Å².